The third-order valence-electron chi connectivity index (χ3n) is 7.53. The van der Waals surface area contributed by atoms with Gasteiger partial charge in [-0.25, -0.2) is 17.7 Å². The highest BCUT2D eigenvalue weighted by Gasteiger charge is 2.52. The van der Waals surface area contributed by atoms with Gasteiger partial charge in [-0.2, -0.15) is 0 Å². The molecule has 1 atom stereocenters. The predicted octanol–water partition coefficient (Wildman–Crippen LogP) is 4.04. The van der Waals surface area contributed by atoms with Crippen LogP contribution in [0.2, 0.25) is 0 Å². The van der Waals surface area contributed by atoms with Gasteiger partial charge < -0.3 is 14.0 Å². The Kier molecular flexibility index (Phi) is 5.93. The van der Waals surface area contributed by atoms with E-state index in [9.17, 15) is 8.42 Å². The average Bonchev–Trinajstić information content (AvgIpc) is 3.33. The molecule has 3 heterocycles. The number of sulfonamides is 1. The molecule has 0 N–H and O–H groups in total. The summed E-state index contributed by atoms with van der Waals surface area (Å²) in [6.45, 7) is 10.1. The predicted molar refractivity (Wildman–Crippen MR) is 141 cm³/mol. The molecule has 1 aromatic heterocycles. The molecule has 9 heteroatoms. The molecule has 7 nitrogen and oxygen atoms in total. The Morgan fingerprint density at radius 3 is 2.28 bits per heavy atom. The van der Waals surface area contributed by atoms with Crippen molar-refractivity contribution in [2.75, 3.05) is 18.0 Å². The van der Waals surface area contributed by atoms with E-state index in [4.69, 9.17) is 14.0 Å². The highest BCUT2D eigenvalue weighted by Crippen LogP contribution is 2.44. The maximum Gasteiger partial charge on any atom is 0.496 e. The Labute approximate surface area is 213 Å². The molecule has 1 saturated heterocycles. The van der Waals surface area contributed by atoms with Crippen molar-refractivity contribution in [3.8, 4) is 5.75 Å². The summed E-state index contributed by atoms with van der Waals surface area (Å²) in [5.74, 6) is 0.835. The third kappa shape index (κ3) is 3.99. The lowest BCUT2D eigenvalue weighted by atomic mass is 9.78. The van der Waals surface area contributed by atoms with Gasteiger partial charge in [-0.15, -0.1) is 0 Å². The van der Waals surface area contributed by atoms with Crippen molar-refractivity contribution in [1.29, 1.82) is 0 Å². The first-order valence-electron chi connectivity index (χ1n) is 12.0. The van der Waals surface area contributed by atoms with E-state index < -0.39 is 28.3 Å². The molecule has 36 heavy (non-hydrogen) atoms. The van der Waals surface area contributed by atoms with Crippen LogP contribution in [0.1, 0.15) is 50.3 Å². The second-order valence-electron chi connectivity index (χ2n) is 10.4. The van der Waals surface area contributed by atoms with E-state index in [-0.39, 0.29) is 17.4 Å². The standard InChI is InChI=1S/C27H31BN2O5S/c1-18-11-13-20(14-12-18)36(31,32)30-17-23(21-9-7-8-10-24(21)33-6)22-15-19(16-29-25(22)30)28-34-26(2,3)27(4,5)35-28/h7-16,23H,17H2,1-6H3. The van der Waals surface area contributed by atoms with Crippen LogP contribution in [0.3, 0.4) is 0 Å². The molecule has 3 aromatic rings. The van der Waals surface area contributed by atoms with Crippen LogP contribution in [0.25, 0.3) is 0 Å². The van der Waals surface area contributed by atoms with E-state index in [1.807, 2.05) is 65.0 Å². The topological polar surface area (TPSA) is 78.0 Å². The highest BCUT2D eigenvalue weighted by atomic mass is 32.2. The number of pyridine rings is 1. The zero-order valence-electron chi connectivity index (χ0n) is 21.5. The number of methoxy groups -OCH3 is 1. The Hall–Kier alpha value is -2.88. The number of anilines is 1. The van der Waals surface area contributed by atoms with E-state index in [1.54, 1.807) is 37.6 Å². The lowest BCUT2D eigenvalue weighted by Gasteiger charge is -2.32. The summed E-state index contributed by atoms with van der Waals surface area (Å²) in [6, 6.07) is 16.5. The molecule has 188 valence electrons. The number of ether oxygens (including phenoxy) is 1. The van der Waals surface area contributed by atoms with Gasteiger partial charge >= 0.3 is 7.12 Å². The molecular formula is C27H31BN2O5S. The van der Waals surface area contributed by atoms with Crippen molar-refractivity contribution >= 4 is 28.4 Å². The summed E-state index contributed by atoms with van der Waals surface area (Å²) < 4.78 is 47.1. The molecule has 2 aliphatic heterocycles. The fraction of sp³-hybridized carbons (Fsp3) is 0.370. The number of hydrogen-bond acceptors (Lipinski definition) is 6. The monoisotopic (exact) mass is 506 g/mol. The van der Waals surface area contributed by atoms with Crippen LogP contribution in [0.15, 0.2) is 65.7 Å². The Bertz CT molecular complexity index is 1390. The van der Waals surface area contributed by atoms with Crippen molar-refractivity contribution in [3.63, 3.8) is 0 Å². The Morgan fingerprint density at radius 2 is 1.64 bits per heavy atom. The summed E-state index contributed by atoms with van der Waals surface area (Å²) in [6.07, 6.45) is 1.66. The van der Waals surface area contributed by atoms with Gasteiger partial charge in [0.1, 0.15) is 11.6 Å². The molecule has 1 fully saturated rings. The minimum absolute atomic E-state index is 0.214. The lowest BCUT2D eigenvalue weighted by Crippen LogP contribution is -2.41. The molecule has 0 amide bonds. The van der Waals surface area contributed by atoms with E-state index in [1.165, 1.54) is 4.31 Å². The SMILES string of the molecule is COc1ccccc1C1CN(S(=O)(=O)c2ccc(C)cc2)c2ncc(B3OC(C)(C)C(C)(C)O3)cc21. The second-order valence-corrected chi connectivity index (χ2v) is 12.3. The van der Waals surface area contributed by atoms with E-state index in [0.717, 1.165) is 22.2 Å². The van der Waals surface area contributed by atoms with Crippen molar-refractivity contribution in [1.82, 2.24) is 4.98 Å². The van der Waals surface area contributed by atoms with E-state index >= 15 is 0 Å². The first-order chi connectivity index (χ1) is 16.9. The largest absolute Gasteiger partial charge is 0.496 e. The summed E-state index contributed by atoms with van der Waals surface area (Å²) in [5.41, 5.74) is 2.44. The summed E-state index contributed by atoms with van der Waals surface area (Å²) in [7, 11) is -2.81. The molecule has 5 rings (SSSR count). The van der Waals surface area contributed by atoms with Gasteiger partial charge in [0, 0.05) is 35.2 Å². The zero-order chi connectivity index (χ0) is 25.9. The Morgan fingerprint density at radius 1 is 1.00 bits per heavy atom. The molecular weight excluding hydrogens is 475 g/mol. The smallest absolute Gasteiger partial charge is 0.496 e. The zero-order valence-corrected chi connectivity index (χ0v) is 22.3. The summed E-state index contributed by atoms with van der Waals surface area (Å²) in [4.78, 5) is 4.90. The molecule has 0 radical (unpaired) electrons. The number of benzene rings is 2. The number of fused-ring (bicyclic) bond motifs is 1. The summed E-state index contributed by atoms with van der Waals surface area (Å²) in [5, 5.41) is 0. The number of para-hydroxylation sites is 1. The van der Waals surface area contributed by atoms with Gasteiger partial charge in [0.15, 0.2) is 0 Å². The van der Waals surface area contributed by atoms with Crippen molar-refractivity contribution in [2.24, 2.45) is 0 Å². The minimum atomic E-state index is -3.83. The highest BCUT2D eigenvalue weighted by molar-refractivity contribution is 7.92. The second kappa shape index (κ2) is 8.61. The molecule has 0 aliphatic carbocycles. The van der Waals surface area contributed by atoms with E-state index in [2.05, 4.69) is 4.98 Å². The fourth-order valence-electron chi connectivity index (χ4n) is 4.68. The third-order valence-corrected chi connectivity index (χ3v) is 9.30. The van der Waals surface area contributed by atoms with Crippen LogP contribution in [-0.4, -0.2) is 45.4 Å². The van der Waals surface area contributed by atoms with Crippen LogP contribution in [-0.2, 0) is 19.3 Å². The molecule has 1 unspecified atom stereocenters. The van der Waals surface area contributed by atoms with Gasteiger partial charge in [-0.3, -0.25) is 0 Å². The van der Waals surface area contributed by atoms with Gasteiger partial charge in [0.2, 0.25) is 0 Å². The van der Waals surface area contributed by atoms with Gasteiger partial charge in [0.05, 0.1) is 23.2 Å². The van der Waals surface area contributed by atoms with Crippen LogP contribution >= 0.6 is 0 Å². The van der Waals surface area contributed by atoms with Crippen LogP contribution in [0.5, 0.6) is 5.75 Å². The quantitative estimate of drug-likeness (QED) is 0.487. The number of nitrogens with zero attached hydrogens (tertiary/aromatic N) is 2. The lowest BCUT2D eigenvalue weighted by molar-refractivity contribution is 0.00578. The van der Waals surface area contributed by atoms with Crippen molar-refractivity contribution in [2.45, 2.75) is 56.6 Å². The van der Waals surface area contributed by atoms with Crippen LogP contribution in [0, 0.1) is 6.92 Å². The maximum atomic E-state index is 13.8. The summed E-state index contributed by atoms with van der Waals surface area (Å²) >= 11 is 0. The van der Waals surface area contributed by atoms with Gasteiger partial charge in [-0.05, 0) is 52.8 Å². The molecule has 2 aliphatic rings. The normalized spacial score (nSPS) is 20.4. The molecule has 0 saturated carbocycles. The number of hydrogen-bond donors (Lipinski definition) is 0. The fourth-order valence-corrected chi connectivity index (χ4v) is 6.14. The van der Waals surface area contributed by atoms with Crippen LogP contribution in [0.4, 0.5) is 5.82 Å². The van der Waals surface area contributed by atoms with E-state index in [0.29, 0.717) is 11.6 Å². The van der Waals surface area contributed by atoms with Crippen molar-refractivity contribution in [3.05, 3.63) is 77.5 Å². The molecule has 2 aromatic carbocycles. The first kappa shape index (κ1) is 24.8. The van der Waals surface area contributed by atoms with Crippen LogP contribution < -0.4 is 14.5 Å². The number of rotatable bonds is 5. The first-order valence-corrected chi connectivity index (χ1v) is 13.5. The number of aryl methyl sites for hydroxylation is 1. The molecule has 0 bridgehead atoms. The Balaban J connectivity index is 1.62. The van der Waals surface area contributed by atoms with Crippen molar-refractivity contribution < 1.29 is 22.5 Å². The van der Waals surface area contributed by atoms with Gasteiger partial charge in [-0.1, -0.05) is 42.0 Å². The minimum Gasteiger partial charge on any atom is -0.496 e. The molecule has 0 spiro atoms. The maximum absolute atomic E-state index is 13.8. The van der Waals surface area contributed by atoms with Gasteiger partial charge in [0.25, 0.3) is 10.0 Å². The average molecular weight is 506 g/mol. The number of aromatic nitrogens is 1.